The predicted molar refractivity (Wildman–Crippen MR) is 187 cm³/mol. The molecule has 4 aliphatic rings. The molecule has 6 heterocycles. The van der Waals surface area contributed by atoms with Gasteiger partial charge < -0.3 is 14.3 Å². The Morgan fingerprint density at radius 2 is 1.67 bits per heavy atom. The number of allylic oxidation sites excluding steroid dienone is 5. The Bertz CT molecular complexity index is 2570. The topological polar surface area (TPSA) is 34.3 Å². The summed E-state index contributed by atoms with van der Waals surface area (Å²) in [5.41, 5.74) is 11.9. The first kappa shape index (κ1) is 24.2. The molecule has 0 amide bonds. The monoisotopic (exact) mass is 596 g/mol. The Balaban J connectivity index is 1.30. The number of nitrogens with one attached hydrogen (secondary N) is 1. The van der Waals surface area contributed by atoms with E-state index >= 15 is 0 Å². The highest BCUT2D eigenvalue weighted by molar-refractivity contribution is 7.26. The number of hydrogen-bond acceptors (Lipinski definition) is 3. The number of aromatic nitrogens is 3. The van der Waals surface area contributed by atoms with E-state index in [1.54, 1.807) is 0 Å². The van der Waals surface area contributed by atoms with Gasteiger partial charge in [-0.25, -0.2) is 0 Å². The minimum Gasteiger partial charge on any atom is -0.381 e. The molecule has 2 aliphatic heterocycles. The second-order valence-electron chi connectivity index (χ2n) is 12.7. The van der Waals surface area contributed by atoms with Crippen molar-refractivity contribution < 1.29 is 0 Å². The zero-order valence-electron chi connectivity index (χ0n) is 24.4. The number of nitrogens with zero attached hydrogens (tertiary/aromatic N) is 3. The highest BCUT2D eigenvalue weighted by atomic mass is 32.1. The third kappa shape index (κ3) is 3.13. The molecule has 0 radical (unpaired) electrons. The molecule has 0 saturated heterocycles. The maximum Gasteiger partial charge on any atom is 0.0696 e. The third-order valence-electron chi connectivity index (χ3n) is 10.5. The van der Waals surface area contributed by atoms with Crippen LogP contribution in [0.2, 0.25) is 0 Å². The lowest BCUT2D eigenvalue weighted by Gasteiger charge is -2.27. The van der Waals surface area contributed by atoms with E-state index in [1.807, 2.05) is 23.6 Å². The Kier molecular flexibility index (Phi) is 4.70. The second-order valence-corrected chi connectivity index (χ2v) is 13.8. The molecule has 7 aromatic rings. The number of pyridine rings is 1. The molecule has 1 N–H and O–H groups in total. The van der Waals surface area contributed by atoms with Gasteiger partial charge in [0.1, 0.15) is 0 Å². The van der Waals surface area contributed by atoms with E-state index in [4.69, 9.17) is 4.98 Å². The molecule has 0 bridgehead atoms. The van der Waals surface area contributed by atoms with Crippen LogP contribution in [-0.4, -0.2) is 20.0 Å². The summed E-state index contributed by atoms with van der Waals surface area (Å²) in [4.78, 5) is 4.77. The first-order valence-corrected chi connectivity index (χ1v) is 16.7. The Labute approximate surface area is 263 Å². The van der Waals surface area contributed by atoms with E-state index < -0.39 is 0 Å². The fourth-order valence-corrected chi connectivity index (χ4v) is 9.73. The first-order valence-electron chi connectivity index (χ1n) is 15.9. The summed E-state index contributed by atoms with van der Waals surface area (Å²) in [6.45, 7) is 0. The van der Waals surface area contributed by atoms with Crippen LogP contribution in [0.1, 0.15) is 40.4 Å². The molecular weight excluding hydrogens is 569 g/mol. The second kappa shape index (κ2) is 8.74. The van der Waals surface area contributed by atoms with Crippen molar-refractivity contribution in [1.29, 1.82) is 0 Å². The van der Waals surface area contributed by atoms with Gasteiger partial charge in [0.2, 0.25) is 0 Å². The lowest BCUT2D eigenvalue weighted by Crippen LogP contribution is -2.27. The maximum absolute atomic E-state index is 4.77. The molecule has 0 saturated carbocycles. The molecule has 5 heteroatoms. The van der Waals surface area contributed by atoms with Crippen LogP contribution < -0.4 is 5.32 Å². The minimum atomic E-state index is 0.181. The van der Waals surface area contributed by atoms with E-state index in [2.05, 4.69) is 130 Å². The van der Waals surface area contributed by atoms with Gasteiger partial charge in [0, 0.05) is 67.0 Å². The maximum atomic E-state index is 4.77. The first-order chi connectivity index (χ1) is 22.3. The fraction of sp³-hybridized carbons (Fsp3) is 0.125. The molecule has 11 rings (SSSR count). The van der Waals surface area contributed by atoms with Gasteiger partial charge >= 0.3 is 0 Å². The molecule has 3 aromatic carbocycles. The van der Waals surface area contributed by atoms with Gasteiger partial charge in [0.05, 0.1) is 34.2 Å². The fourth-order valence-electron chi connectivity index (χ4n) is 8.62. The zero-order chi connectivity index (χ0) is 29.2. The zero-order valence-corrected chi connectivity index (χ0v) is 25.2. The number of fused-ring (bicyclic) bond motifs is 9. The molecule has 2 aliphatic carbocycles. The Hall–Kier alpha value is -5.13. The Morgan fingerprint density at radius 1 is 0.800 bits per heavy atom. The average Bonchev–Trinajstić information content (AvgIpc) is 3.75. The molecule has 0 fully saturated rings. The van der Waals surface area contributed by atoms with Gasteiger partial charge in [-0.15, -0.1) is 11.3 Å². The minimum absolute atomic E-state index is 0.181. The molecular formula is C40H28N4S. The van der Waals surface area contributed by atoms with Gasteiger partial charge in [-0.2, -0.15) is 0 Å². The van der Waals surface area contributed by atoms with Crippen molar-refractivity contribution in [3.8, 4) is 0 Å². The van der Waals surface area contributed by atoms with Crippen molar-refractivity contribution in [3.63, 3.8) is 0 Å². The number of para-hydroxylation sites is 2. The standard InChI is InChI=1S/C40H28N4S/c1-2-10-32-31(9-1)43-33-21-23(29-7-3-5-19-41-29)11-13-25(33)27-15-17-35-37(39(27)43)38-36(45-35)18-16-28-26-14-12-24(30-8-4-6-20-42-30)22-34(26)44(32)40(28)38/h1-21,24-25,29,33,41H,22H2. The highest BCUT2D eigenvalue weighted by Crippen LogP contribution is 2.53. The van der Waals surface area contributed by atoms with Crippen LogP contribution in [0.3, 0.4) is 0 Å². The van der Waals surface area contributed by atoms with Gasteiger partial charge in [0.15, 0.2) is 0 Å². The lowest BCUT2D eigenvalue weighted by molar-refractivity contribution is 0.601. The third-order valence-corrected chi connectivity index (χ3v) is 11.6. The summed E-state index contributed by atoms with van der Waals surface area (Å²) in [6, 6.07) is 25.3. The Morgan fingerprint density at radius 3 is 2.53 bits per heavy atom. The summed E-state index contributed by atoms with van der Waals surface area (Å²) < 4.78 is 8.02. The predicted octanol–water partition coefficient (Wildman–Crippen LogP) is 9.34. The average molecular weight is 597 g/mol. The number of rotatable bonds is 2. The summed E-state index contributed by atoms with van der Waals surface area (Å²) in [7, 11) is 0. The van der Waals surface area contributed by atoms with Crippen LogP contribution in [0.4, 0.5) is 0 Å². The summed E-state index contributed by atoms with van der Waals surface area (Å²) in [6.07, 6.45) is 23.4. The highest BCUT2D eigenvalue weighted by Gasteiger charge is 2.36. The molecule has 45 heavy (non-hydrogen) atoms. The quantitative estimate of drug-likeness (QED) is 0.216. The van der Waals surface area contributed by atoms with Crippen LogP contribution in [0.15, 0.2) is 127 Å². The molecule has 0 spiro atoms. The van der Waals surface area contributed by atoms with E-state index in [0.29, 0.717) is 5.92 Å². The SMILES string of the molecule is C1=CNC(C2=CC3C(C=C2)c2ccc4sc5ccc6c7c(n8c9ccccc9n3c2c4c5c68)CC(c2ccccn2)C=C7)C=C1. The van der Waals surface area contributed by atoms with E-state index in [-0.39, 0.29) is 18.0 Å². The van der Waals surface area contributed by atoms with Crippen LogP contribution in [0, 0.1) is 0 Å². The summed E-state index contributed by atoms with van der Waals surface area (Å²) in [5, 5.41) is 7.71. The van der Waals surface area contributed by atoms with Crippen molar-refractivity contribution in [2.45, 2.75) is 30.3 Å². The van der Waals surface area contributed by atoms with Crippen LogP contribution >= 0.6 is 11.3 Å². The number of hydrogen-bond donors (Lipinski definition) is 1. The van der Waals surface area contributed by atoms with Crippen molar-refractivity contribution in [1.82, 2.24) is 19.3 Å². The summed E-state index contributed by atoms with van der Waals surface area (Å²) >= 11 is 1.93. The van der Waals surface area contributed by atoms with E-state index in [1.165, 1.54) is 70.0 Å². The van der Waals surface area contributed by atoms with E-state index in [9.17, 15) is 0 Å². The van der Waals surface area contributed by atoms with Crippen molar-refractivity contribution in [3.05, 3.63) is 150 Å². The van der Waals surface area contributed by atoms with E-state index in [0.717, 1.165) is 12.1 Å². The largest absolute Gasteiger partial charge is 0.381 e. The van der Waals surface area contributed by atoms with Crippen molar-refractivity contribution >= 4 is 65.0 Å². The van der Waals surface area contributed by atoms with Crippen molar-refractivity contribution in [2.75, 3.05) is 0 Å². The van der Waals surface area contributed by atoms with Crippen molar-refractivity contribution in [2.24, 2.45) is 0 Å². The van der Waals surface area contributed by atoms with Crippen LogP contribution in [0.25, 0.3) is 53.7 Å². The number of benzene rings is 3. The van der Waals surface area contributed by atoms with Crippen LogP contribution in [-0.2, 0) is 6.42 Å². The van der Waals surface area contributed by atoms with Gasteiger partial charge in [-0.1, -0.05) is 72.9 Å². The van der Waals surface area contributed by atoms with Crippen LogP contribution in [0.5, 0.6) is 0 Å². The number of thiophene rings is 1. The van der Waals surface area contributed by atoms with Gasteiger partial charge in [-0.05, 0) is 59.8 Å². The molecule has 4 unspecified atom stereocenters. The molecule has 214 valence electrons. The lowest BCUT2D eigenvalue weighted by atomic mass is 9.86. The smallest absolute Gasteiger partial charge is 0.0696 e. The van der Waals surface area contributed by atoms with Gasteiger partial charge in [0.25, 0.3) is 0 Å². The molecule has 4 aromatic heterocycles. The molecule has 4 nitrogen and oxygen atoms in total. The molecule has 4 atom stereocenters. The van der Waals surface area contributed by atoms with Gasteiger partial charge in [-0.3, -0.25) is 4.98 Å². The normalized spacial score (nSPS) is 23.0. The number of dihydropyridines is 1. The summed E-state index contributed by atoms with van der Waals surface area (Å²) in [5.74, 6) is 0.533.